The van der Waals surface area contributed by atoms with Crippen molar-refractivity contribution in [2.75, 3.05) is 5.73 Å². The van der Waals surface area contributed by atoms with Crippen LogP contribution in [-0.2, 0) is 0 Å². The SMILES string of the molecule is Cc1cc2cccc(N)c2cc1C1CC1. The van der Waals surface area contributed by atoms with Crippen LogP contribution in [0.4, 0.5) is 5.69 Å². The Labute approximate surface area is 89.9 Å². The molecule has 76 valence electrons. The zero-order valence-electron chi connectivity index (χ0n) is 8.96. The van der Waals surface area contributed by atoms with Crippen molar-refractivity contribution in [1.29, 1.82) is 0 Å². The van der Waals surface area contributed by atoms with E-state index in [0.717, 1.165) is 11.6 Å². The summed E-state index contributed by atoms with van der Waals surface area (Å²) in [5, 5.41) is 2.47. The molecular formula is C14H15N. The van der Waals surface area contributed by atoms with Gasteiger partial charge in [0.2, 0.25) is 0 Å². The number of hydrogen-bond donors (Lipinski definition) is 1. The molecule has 0 spiro atoms. The van der Waals surface area contributed by atoms with Gasteiger partial charge in [-0.2, -0.15) is 0 Å². The van der Waals surface area contributed by atoms with Crippen molar-refractivity contribution in [3.8, 4) is 0 Å². The summed E-state index contributed by atoms with van der Waals surface area (Å²) >= 11 is 0. The number of aryl methyl sites for hydroxylation is 1. The highest BCUT2D eigenvalue weighted by molar-refractivity contribution is 5.94. The van der Waals surface area contributed by atoms with Crippen LogP contribution < -0.4 is 5.73 Å². The molecule has 0 aliphatic heterocycles. The summed E-state index contributed by atoms with van der Waals surface area (Å²) in [5.41, 5.74) is 9.81. The number of rotatable bonds is 1. The van der Waals surface area contributed by atoms with Crippen LogP contribution in [0.25, 0.3) is 10.8 Å². The van der Waals surface area contributed by atoms with E-state index in [2.05, 4.69) is 25.1 Å². The lowest BCUT2D eigenvalue weighted by Crippen LogP contribution is -1.91. The van der Waals surface area contributed by atoms with E-state index in [1.165, 1.54) is 34.7 Å². The smallest absolute Gasteiger partial charge is 0.0393 e. The predicted molar refractivity (Wildman–Crippen MR) is 65.1 cm³/mol. The molecule has 2 aromatic carbocycles. The molecule has 1 aliphatic rings. The minimum atomic E-state index is 0.800. The maximum absolute atomic E-state index is 6.00. The number of anilines is 1. The average molecular weight is 197 g/mol. The quantitative estimate of drug-likeness (QED) is 0.694. The van der Waals surface area contributed by atoms with Crippen LogP contribution in [0.5, 0.6) is 0 Å². The van der Waals surface area contributed by atoms with E-state index in [4.69, 9.17) is 5.73 Å². The lowest BCUT2D eigenvalue weighted by Gasteiger charge is -2.08. The van der Waals surface area contributed by atoms with Gasteiger partial charge in [-0.3, -0.25) is 0 Å². The first-order valence-corrected chi connectivity index (χ1v) is 5.54. The van der Waals surface area contributed by atoms with Crippen molar-refractivity contribution in [3.05, 3.63) is 41.5 Å². The van der Waals surface area contributed by atoms with Crippen molar-refractivity contribution < 1.29 is 0 Å². The van der Waals surface area contributed by atoms with Gasteiger partial charge in [-0.25, -0.2) is 0 Å². The maximum Gasteiger partial charge on any atom is 0.0393 e. The van der Waals surface area contributed by atoms with Gasteiger partial charge in [0.05, 0.1) is 0 Å². The van der Waals surface area contributed by atoms with E-state index in [-0.39, 0.29) is 0 Å². The zero-order chi connectivity index (χ0) is 10.4. The van der Waals surface area contributed by atoms with Crippen LogP contribution in [0.3, 0.4) is 0 Å². The van der Waals surface area contributed by atoms with Gasteiger partial charge < -0.3 is 5.73 Å². The molecule has 0 bridgehead atoms. The number of nitrogen functional groups attached to an aromatic ring is 1. The van der Waals surface area contributed by atoms with Gasteiger partial charge in [0.1, 0.15) is 0 Å². The van der Waals surface area contributed by atoms with Crippen molar-refractivity contribution >= 4 is 16.5 Å². The standard InChI is InChI=1S/C14H15N/c1-9-7-11-3-2-4-14(15)13(11)8-12(9)10-5-6-10/h2-4,7-8,10H,5-6,15H2,1H3. The first kappa shape index (κ1) is 8.78. The Morgan fingerprint density at radius 3 is 2.73 bits per heavy atom. The summed E-state index contributed by atoms with van der Waals surface area (Å²) in [5.74, 6) is 0.800. The molecule has 0 radical (unpaired) electrons. The van der Waals surface area contributed by atoms with Crippen LogP contribution in [-0.4, -0.2) is 0 Å². The molecular weight excluding hydrogens is 182 g/mol. The molecule has 3 rings (SSSR count). The van der Waals surface area contributed by atoms with E-state index < -0.39 is 0 Å². The van der Waals surface area contributed by atoms with Crippen LogP contribution in [0.1, 0.15) is 29.9 Å². The third-order valence-electron chi connectivity index (χ3n) is 3.32. The van der Waals surface area contributed by atoms with E-state index in [1.54, 1.807) is 0 Å². The summed E-state index contributed by atoms with van der Waals surface area (Å²) in [6.07, 6.45) is 2.69. The first-order valence-electron chi connectivity index (χ1n) is 5.54. The lowest BCUT2D eigenvalue weighted by molar-refractivity contribution is 1.11. The molecule has 0 heterocycles. The fourth-order valence-corrected chi connectivity index (χ4v) is 2.31. The highest BCUT2D eigenvalue weighted by Crippen LogP contribution is 2.43. The van der Waals surface area contributed by atoms with E-state index in [9.17, 15) is 0 Å². The second-order valence-corrected chi connectivity index (χ2v) is 4.55. The van der Waals surface area contributed by atoms with Gasteiger partial charge in [0.15, 0.2) is 0 Å². The van der Waals surface area contributed by atoms with Gasteiger partial charge in [-0.05, 0) is 54.3 Å². The molecule has 1 aliphatic carbocycles. The molecule has 1 fully saturated rings. The largest absolute Gasteiger partial charge is 0.398 e. The molecule has 15 heavy (non-hydrogen) atoms. The summed E-state index contributed by atoms with van der Waals surface area (Å²) in [7, 11) is 0. The van der Waals surface area contributed by atoms with Crippen LogP contribution in [0.15, 0.2) is 30.3 Å². The Bertz CT molecular complexity index is 524. The van der Waals surface area contributed by atoms with E-state index >= 15 is 0 Å². The second kappa shape index (κ2) is 2.99. The third kappa shape index (κ3) is 1.39. The number of nitrogens with two attached hydrogens (primary N) is 1. The van der Waals surface area contributed by atoms with Gasteiger partial charge in [-0.1, -0.05) is 18.2 Å². The average Bonchev–Trinajstić information content (AvgIpc) is 3.01. The molecule has 1 nitrogen and oxygen atoms in total. The molecule has 2 N–H and O–H groups in total. The van der Waals surface area contributed by atoms with Crippen molar-refractivity contribution in [1.82, 2.24) is 0 Å². The van der Waals surface area contributed by atoms with Crippen molar-refractivity contribution in [3.63, 3.8) is 0 Å². The van der Waals surface area contributed by atoms with E-state index in [1.807, 2.05) is 12.1 Å². The van der Waals surface area contributed by atoms with Crippen LogP contribution in [0.2, 0.25) is 0 Å². The summed E-state index contributed by atoms with van der Waals surface area (Å²) in [4.78, 5) is 0. The second-order valence-electron chi connectivity index (χ2n) is 4.55. The van der Waals surface area contributed by atoms with Gasteiger partial charge >= 0.3 is 0 Å². The normalized spacial score (nSPS) is 15.8. The van der Waals surface area contributed by atoms with Gasteiger partial charge in [0.25, 0.3) is 0 Å². The Balaban J connectivity index is 2.30. The molecule has 0 atom stereocenters. The van der Waals surface area contributed by atoms with Gasteiger partial charge in [-0.15, -0.1) is 0 Å². The molecule has 0 unspecified atom stereocenters. The maximum atomic E-state index is 6.00. The van der Waals surface area contributed by atoms with Crippen molar-refractivity contribution in [2.24, 2.45) is 0 Å². The molecule has 0 saturated heterocycles. The minimum Gasteiger partial charge on any atom is -0.398 e. The number of hydrogen-bond acceptors (Lipinski definition) is 1. The highest BCUT2D eigenvalue weighted by Gasteiger charge is 2.25. The molecule has 1 saturated carbocycles. The van der Waals surface area contributed by atoms with E-state index in [0.29, 0.717) is 0 Å². The summed E-state index contributed by atoms with van der Waals surface area (Å²) in [6.45, 7) is 2.20. The first-order chi connectivity index (χ1) is 7.25. The van der Waals surface area contributed by atoms with Gasteiger partial charge in [0, 0.05) is 11.1 Å². The minimum absolute atomic E-state index is 0.800. The Hall–Kier alpha value is -1.50. The third-order valence-corrected chi connectivity index (χ3v) is 3.32. The monoisotopic (exact) mass is 197 g/mol. The number of benzene rings is 2. The number of fused-ring (bicyclic) bond motifs is 1. The Kier molecular flexibility index (Phi) is 1.75. The fourth-order valence-electron chi connectivity index (χ4n) is 2.31. The summed E-state index contributed by atoms with van der Waals surface area (Å²) in [6, 6.07) is 10.7. The highest BCUT2D eigenvalue weighted by atomic mass is 14.5. The Morgan fingerprint density at radius 2 is 2.00 bits per heavy atom. The molecule has 0 amide bonds. The topological polar surface area (TPSA) is 26.0 Å². The van der Waals surface area contributed by atoms with Crippen LogP contribution >= 0.6 is 0 Å². The summed E-state index contributed by atoms with van der Waals surface area (Å²) < 4.78 is 0. The fraction of sp³-hybridized carbons (Fsp3) is 0.286. The lowest BCUT2D eigenvalue weighted by atomic mass is 9.98. The Morgan fingerprint density at radius 1 is 1.20 bits per heavy atom. The van der Waals surface area contributed by atoms with Crippen molar-refractivity contribution in [2.45, 2.75) is 25.7 Å². The molecule has 1 heteroatoms. The molecule has 2 aromatic rings. The zero-order valence-corrected chi connectivity index (χ0v) is 8.96. The predicted octanol–water partition coefficient (Wildman–Crippen LogP) is 3.61. The van der Waals surface area contributed by atoms with Crippen LogP contribution in [0, 0.1) is 6.92 Å². The molecule has 0 aromatic heterocycles.